The van der Waals surface area contributed by atoms with Crippen LogP contribution in [-0.2, 0) is 16.4 Å². The molecule has 108 valence electrons. The van der Waals surface area contributed by atoms with E-state index in [1.54, 1.807) is 6.20 Å². The second kappa shape index (κ2) is 6.86. The van der Waals surface area contributed by atoms with Gasteiger partial charge in [0.2, 0.25) is 5.88 Å². The number of nitrogens with zero attached hydrogens (tertiary/aromatic N) is 1. The Kier molecular flexibility index (Phi) is 5.75. The van der Waals surface area contributed by atoms with Gasteiger partial charge in [0, 0.05) is 30.6 Å². The summed E-state index contributed by atoms with van der Waals surface area (Å²) < 4.78 is 28.0. The highest BCUT2D eigenvalue weighted by Crippen LogP contribution is 2.15. The SMILES string of the molecule is CC(CS(C)(=O)=O)NCc1cccnc1OC(C)C. The van der Waals surface area contributed by atoms with Crippen molar-refractivity contribution in [2.45, 2.75) is 39.5 Å². The number of hydrogen-bond donors (Lipinski definition) is 1. The predicted molar refractivity (Wildman–Crippen MR) is 76.0 cm³/mol. The fraction of sp³-hybridized carbons (Fsp3) is 0.615. The fourth-order valence-electron chi connectivity index (χ4n) is 1.69. The van der Waals surface area contributed by atoms with Crippen LogP contribution >= 0.6 is 0 Å². The lowest BCUT2D eigenvalue weighted by atomic mass is 10.2. The number of rotatable bonds is 7. The molecule has 0 aliphatic carbocycles. The van der Waals surface area contributed by atoms with E-state index in [4.69, 9.17) is 4.74 Å². The zero-order valence-corrected chi connectivity index (χ0v) is 12.7. The summed E-state index contributed by atoms with van der Waals surface area (Å²) >= 11 is 0. The third-order valence-corrected chi connectivity index (χ3v) is 3.50. The van der Waals surface area contributed by atoms with Crippen molar-refractivity contribution in [2.24, 2.45) is 0 Å². The van der Waals surface area contributed by atoms with E-state index in [2.05, 4.69) is 10.3 Å². The molecule has 1 rings (SSSR count). The second-order valence-electron chi connectivity index (χ2n) is 5.01. The average molecular weight is 286 g/mol. The van der Waals surface area contributed by atoms with Gasteiger partial charge in [0.15, 0.2) is 0 Å². The Labute approximate surface area is 115 Å². The molecule has 5 nitrogen and oxygen atoms in total. The van der Waals surface area contributed by atoms with E-state index >= 15 is 0 Å². The predicted octanol–water partition coefficient (Wildman–Crippen LogP) is 1.39. The van der Waals surface area contributed by atoms with Gasteiger partial charge >= 0.3 is 0 Å². The van der Waals surface area contributed by atoms with Gasteiger partial charge in [-0.3, -0.25) is 0 Å². The first-order valence-electron chi connectivity index (χ1n) is 6.29. The first-order chi connectivity index (χ1) is 8.78. The number of hydrogen-bond acceptors (Lipinski definition) is 5. The summed E-state index contributed by atoms with van der Waals surface area (Å²) in [5.74, 6) is 0.713. The molecule has 1 aromatic rings. The van der Waals surface area contributed by atoms with Gasteiger partial charge in [-0.25, -0.2) is 13.4 Å². The molecule has 6 heteroatoms. The van der Waals surface area contributed by atoms with Crippen molar-refractivity contribution < 1.29 is 13.2 Å². The molecule has 0 saturated heterocycles. The van der Waals surface area contributed by atoms with Crippen molar-refractivity contribution in [1.82, 2.24) is 10.3 Å². The van der Waals surface area contributed by atoms with E-state index in [0.717, 1.165) is 5.56 Å². The Hall–Kier alpha value is -1.14. The first-order valence-corrected chi connectivity index (χ1v) is 8.35. The molecule has 0 saturated carbocycles. The molecule has 0 aliphatic rings. The number of sulfone groups is 1. The standard InChI is InChI=1S/C13H22N2O3S/c1-10(2)18-13-12(6-5-7-14-13)8-15-11(3)9-19(4,16)17/h5-7,10-11,15H,8-9H2,1-4H3. The summed E-state index contributed by atoms with van der Waals surface area (Å²) in [5, 5.41) is 3.17. The molecule has 1 N–H and O–H groups in total. The third-order valence-electron chi connectivity index (χ3n) is 2.39. The molecule has 1 unspecified atom stereocenters. The van der Waals surface area contributed by atoms with Crippen LogP contribution in [0.4, 0.5) is 0 Å². The second-order valence-corrected chi connectivity index (χ2v) is 7.19. The Bertz CT molecular complexity index is 500. The zero-order valence-electron chi connectivity index (χ0n) is 11.9. The largest absolute Gasteiger partial charge is 0.475 e. The molecule has 1 atom stereocenters. The zero-order chi connectivity index (χ0) is 14.5. The Morgan fingerprint density at radius 2 is 2.05 bits per heavy atom. The lowest BCUT2D eigenvalue weighted by molar-refractivity contribution is 0.229. The van der Waals surface area contributed by atoms with Crippen LogP contribution in [0.3, 0.4) is 0 Å². The maximum atomic E-state index is 11.2. The van der Waals surface area contributed by atoms with Gasteiger partial charge in [-0.2, -0.15) is 0 Å². The van der Waals surface area contributed by atoms with Crippen LogP contribution in [0.2, 0.25) is 0 Å². The minimum absolute atomic E-state index is 0.0575. The normalized spacial score (nSPS) is 13.5. The molecule has 0 fully saturated rings. The highest BCUT2D eigenvalue weighted by Gasteiger charge is 2.12. The van der Waals surface area contributed by atoms with Gasteiger partial charge < -0.3 is 10.1 Å². The number of ether oxygens (including phenoxy) is 1. The van der Waals surface area contributed by atoms with Crippen molar-refractivity contribution >= 4 is 9.84 Å². The van der Waals surface area contributed by atoms with Crippen LogP contribution < -0.4 is 10.1 Å². The average Bonchev–Trinajstić information content (AvgIpc) is 2.24. The molecule has 19 heavy (non-hydrogen) atoms. The Morgan fingerprint density at radius 1 is 1.37 bits per heavy atom. The monoisotopic (exact) mass is 286 g/mol. The van der Waals surface area contributed by atoms with E-state index in [1.165, 1.54) is 6.26 Å². The van der Waals surface area contributed by atoms with Crippen molar-refractivity contribution in [3.05, 3.63) is 23.9 Å². The molecular formula is C13H22N2O3S. The van der Waals surface area contributed by atoms with Gasteiger partial charge in [-0.05, 0) is 26.8 Å². The van der Waals surface area contributed by atoms with Crippen molar-refractivity contribution in [3.63, 3.8) is 0 Å². The van der Waals surface area contributed by atoms with E-state index in [1.807, 2.05) is 32.9 Å². The highest BCUT2D eigenvalue weighted by atomic mass is 32.2. The molecule has 0 bridgehead atoms. The summed E-state index contributed by atoms with van der Waals surface area (Å²) in [6, 6.07) is 3.65. The number of nitrogens with one attached hydrogen (secondary N) is 1. The van der Waals surface area contributed by atoms with Crippen LogP contribution in [0.5, 0.6) is 5.88 Å². The minimum atomic E-state index is -2.97. The molecular weight excluding hydrogens is 264 g/mol. The molecule has 0 spiro atoms. The van der Waals surface area contributed by atoms with E-state index in [0.29, 0.717) is 12.4 Å². The molecule has 0 radical (unpaired) electrons. The highest BCUT2D eigenvalue weighted by molar-refractivity contribution is 7.90. The molecule has 1 aromatic heterocycles. The van der Waals surface area contributed by atoms with Crippen LogP contribution in [0, 0.1) is 0 Å². The van der Waals surface area contributed by atoms with Crippen LogP contribution in [-0.4, -0.2) is 37.6 Å². The molecule has 0 aromatic carbocycles. The summed E-state index contributed by atoms with van der Waals surface area (Å²) in [4.78, 5) is 4.19. The molecule has 0 amide bonds. The quantitative estimate of drug-likeness (QED) is 0.820. The van der Waals surface area contributed by atoms with Crippen LogP contribution in [0.25, 0.3) is 0 Å². The first kappa shape index (κ1) is 15.9. The van der Waals surface area contributed by atoms with Crippen molar-refractivity contribution in [3.8, 4) is 5.88 Å². The summed E-state index contributed by atoms with van der Waals surface area (Å²) in [6.07, 6.45) is 2.98. The topological polar surface area (TPSA) is 68.3 Å². The lowest BCUT2D eigenvalue weighted by Gasteiger charge is -2.16. The van der Waals surface area contributed by atoms with Gasteiger partial charge in [-0.1, -0.05) is 6.07 Å². The Morgan fingerprint density at radius 3 is 2.63 bits per heavy atom. The van der Waals surface area contributed by atoms with Crippen molar-refractivity contribution in [1.29, 1.82) is 0 Å². The molecule has 1 heterocycles. The number of aromatic nitrogens is 1. The summed E-state index contributed by atoms with van der Waals surface area (Å²) in [7, 11) is -2.97. The van der Waals surface area contributed by atoms with Gasteiger partial charge in [0.1, 0.15) is 9.84 Å². The Balaban J connectivity index is 2.62. The fourth-order valence-corrected chi connectivity index (χ4v) is 2.71. The molecule has 0 aliphatic heterocycles. The van der Waals surface area contributed by atoms with E-state index in [9.17, 15) is 8.42 Å². The van der Waals surface area contributed by atoms with Gasteiger partial charge in [0.25, 0.3) is 0 Å². The maximum absolute atomic E-state index is 11.2. The summed E-state index contributed by atoms with van der Waals surface area (Å²) in [5.41, 5.74) is 0.927. The van der Waals surface area contributed by atoms with Crippen LogP contribution in [0.15, 0.2) is 18.3 Å². The summed E-state index contributed by atoms with van der Waals surface area (Å²) in [6.45, 7) is 6.27. The lowest BCUT2D eigenvalue weighted by Crippen LogP contribution is -2.32. The van der Waals surface area contributed by atoms with Crippen LogP contribution in [0.1, 0.15) is 26.3 Å². The van der Waals surface area contributed by atoms with E-state index in [-0.39, 0.29) is 17.9 Å². The van der Waals surface area contributed by atoms with Crippen molar-refractivity contribution in [2.75, 3.05) is 12.0 Å². The van der Waals surface area contributed by atoms with Gasteiger partial charge in [-0.15, -0.1) is 0 Å². The maximum Gasteiger partial charge on any atom is 0.218 e. The number of pyridine rings is 1. The third kappa shape index (κ3) is 6.54. The van der Waals surface area contributed by atoms with E-state index < -0.39 is 9.84 Å². The minimum Gasteiger partial charge on any atom is -0.475 e. The smallest absolute Gasteiger partial charge is 0.218 e. The van der Waals surface area contributed by atoms with Gasteiger partial charge in [0.05, 0.1) is 11.9 Å².